The van der Waals surface area contributed by atoms with Crippen LogP contribution >= 0.6 is 0 Å². The van der Waals surface area contributed by atoms with Crippen LogP contribution in [0, 0.1) is 17.6 Å². The molecule has 3 aromatic rings. The number of hydrogen-bond donors (Lipinski definition) is 2. The van der Waals surface area contributed by atoms with Crippen LogP contribution in [0.25, 0.3) is 11.1 Å². The maximum absolute atomic E-state index is 13.9. The third kappa shape index (κ3) is 4.96. The lowest BCUT2D eigenvalue weighted by atomic mass is 9.77. The number of amides is 2. The second-order valence-electron chi connectivity index (χ2n) is 9.71. The topological polar surface area (TPSA) is 69.6 Å². The second-order valence-corrected chi connectivity index (χ2v) is 9.71. The minimum absolute atomic E-state index is 0.267. The van der Waals surface area contributed by atoms with Gasteiger partial charge in [-0.05, 0) is 90.5 Å². The largest absolute Gasteiger partial charge is 0.481 e. The Balaban J connectivity index is 1.26. The number of carbonyl (C=O) groups excluding carboxylic acids is 1. The van der Waals surface area contributed by atoms with Crippen LogP contribution in [0.15, 0.2) is 60.7 Å². The number of benzene rings is 3. The first-order chi connectivity index (χ1) is 17.4. The lowest BCUT2D eigenvalue weighted by Crippen LogP contribution is -2.33. The van der Waals surface area contributed by atoms with Crippen molar-refractivity contribution in [2.45, 2.75) is 44.4 Å². The van der Waals surface area contributed by atoms with Crippen LogP contribution in [0.1, 0.15) is 49.1 Å². The molecule has 1 saturated carbocycles. The van der Waals surface area contributed by atoms with Crippen molar-refractivity contribution in [3.05, 3.63) is 83.4 Å². The van der Waals surface area contributed by atoms with Crippen molar-refractivity contribution >= 4 is 23.4 Å². The van der Waals surface area contributed by atoms with Gasteiger partial charge in [-0.1, -0.05) is 36.4 Å². The maximum atomic E-state index is 13.9. The Kier molecular flexibility index (Phi) is 6.72. The van der Waals surface area contributed by atoms with Crippen molar-refractivity contribution in [3.8, 4) is 11.1 Å². The Morgan fingerprint density at radius 2 is 1.58 bits per heavy atom. The lowest BCUT2D eigenvalue weighted by molar-refractivity contribution is -0.138. The van der Waals surface area contributed by atoms with Gasteiger partial charge in [-0.3, -0.25) is 9.69 Å². The molecule has 1 heterocycles. The van der Waals surface area contributed by atoms with E-state index in [1.807, 2.05) is 12.1 Å². The summed E-state index contributed by atoms with van der Waals surface area (Å²) in [4.78, 5) is 25.2. The Morgan fingerprint density at radius 3 is 2.25 bits per heavy atom. The SMILES string of the molecule is O=C(O)CC1CCC(c2ccc(-c3ccc4c(c3)CCN4C(=O)Nc3c(F)cccc3F)cc2)CC1. The van der Waals surface area contributed by atoms with Gasteiger partial charge in [-0.15, -0.1) is 0 Å². The fraction of sp³-hybridized carbons (Fsp3) is 0.310. The molecule has 0 unspecified atom stereocenters. The van der Waals surface area contributed by atoms with E-state index in [9.17, 15) is 18.4 Å². The summed E-state index contributed by atoms with van der Waals surface area (Å²) in [5, 5.41) is 11.4. The number of aliphatic carboxylic acids is 1. The minimum atomic E-state index is -0.810. The zero-order valence-electron chi connectivity index (χ0n) is 19.8. The average molecular weight is 491 g/mol. The molecule has 0 saturated heterocycles. The number of nitrogens with one attached hydrogen (secondary N) is 1. The van der Waals surface area contributed by atoms with Crippen molar-refractivity contribution in [1.29, 1.82) is 0 Å². The first-order valence-corrected chi connectivity index (χ1v) is 12.4. The summed E-state index contributed by atoms with van der Waals surface area (Å²) in [7, 11) is 0. The summed E-state index contributed by atoms with van der Waals surface area (Å²) < 4.78 is 27.9. The number of fused-ring (bicyclic) bond motifs is 1. The van der Waals surface area contributed by atoms with E-state index < -0.39 is 29.3 Å². The molecule has 5 rings (SSSR count). The summed E-state index contributed by atoms with van der Waals surface area (Å²) in [5.41, 5.74) is 4.73. The van der Waals surface area contributed by atoms with Crippen LogP contribution in [0.4, 0.5) is 25.0 Å². The standard InChI is InChI=1S/C29H28F2N2O3/c30-24-2-1-3-25(31)28(24)32-29(36)33-15-14-23-17-22(12-13-26(23)33)21-10-8-20(9-11-21)19-6-4-18(5-7-19)16-27(34)35/h1-3,8-13,17-19H,4-7,14-16H2,(H,32,36)(H,34,35). The van der Waals surface area contributed by atoms with Gasteiger partial charge in [0.25, 0.3) is 0 Å². The van der Waals surface area contributed by atoms with Crippen LogP contribution in [-0.4, -0.2) is 23.7 Å². The van der Waals surface area contributed by atoms with Crippen molar-refractivity contribution in [3.63, 3.8) is 0 Å². The molecule has 186 valence electrons. The van der Waals surface area contributed by atoms with E-state index in [0.717, 1.165) is 60.2 Å². The average Bonchev–Trinajstić information content (AvgIpc) is 3.30. The first-order valence-electron chi connectivity index (χ1n) is 12.4. The number of hydrogen-bond acceptors (Lipinski definition) is 2. The third-order valence-electron chi connectivity index (χ3n) is 7.44. The number of urea groups is 1. The van der Waals surface area contributed by atoms with E-state index in [1.54, 1.807) is 0 Å². The summed E-state index contributed by atoms with van der Waals surface area (Å²) in [6.45, 7) is 0.435. The van der Waals surface area contributed by atoms with Crippen molar-refractivity contribution in [2.75, 3.05) is 16.8 Å². The summed E-state index contributed by atoms with van der Waals surface area (Å²) in [5.74, 6) is -1.57. The van der Waals surface area contributed by atoms with Crippen LogP contribution in [0.3, 0.4) is 0 Å². The number of anilines is 2. The van der Waals surface area contributed by atoms with Gasteiger partial charge in [0.2, 0.25) is 0 Å². The number of para-hydroxylation sites is 1. The molecule has 1 aliphatic carbocycles. The van der Waals surface area contributed by atoms with E-state index in [2.05, 4.69) is 35.6 Å². The Morgan fingerprint density at radius 1 is 0.917 bits per heavy atom. The molecule has 3 aromatic carbocycles. The van der Waals surface area contributed by atoms with Gasteiger partial charge >= 0.3 is 12.0 Å². The quantitative estimate of drug-likeness (QED) is 0.406. The molecule has 36 heavy (non-hydrogen) atoms. The van der Waals surface area contributed by atoms with Gasteiger partial charge in [-0.2, -0.15) is 0 Å². The Labute approximate surface area is 208 Å². The highest BCUT2D eigenvalue weighted by Gasteiger charge is 2.27. The zero-order valence-corrected chi connectivity index (χ0v) is 19.8. The third-order valence-corrected chi connectivity index (χ3v) is 7.44. The predicted octanol–water partition coefficient (Wildman–Crippen LogP) is 6.97. The maximum Gasteiger partial charge on any atom is 0.326 e. The van der Waals surface area contributed by atoms with Crippen LogP contribution in [-0.2, 0) is 11.2 Å². The molecule has 0 radical (unpaired) electrons. The number of rotatable bonds is 5. The monoisotopic (exact) mass is 490 g/mol. The van der Waals surface area contributed by atoms with E-state index in [0.29, 0.717) is 18.9 Å². The fourth-order valence-corrected chi connectivity index (χ4v) is 5.48. The van der Waals surface area contributed by atoms with E-state index in [1.165, 1.54) is 16.5 Å². The van der Waals surface area contributed by atoms with Gasteiger partial charge in [0, 0.05) is 18.7 Å². The van der Waals surface area contributed by atoms with E-state index in [4.69, 9.17) is 5.11 Å². The van der Waals surface area contributed by atoms with Crippen LogP contribution in [0.2, 0.25) is 0 Å². The second kappa shape index (κ2) is 10.1. The highest BCUT2D eigenvalue weighted by Crippen LogP contribution is 2.38. The fourth-order valence-electron chi connectivity index (χ4n) is 5.48. The van der Waals surface area contributed by atoms with E-state index in [-0.39, 0.29) is 12.3 Å². The summed E-state index contributed by atoms with van der Waals surface area (Å²) >= 11 is 0. The molecule has 5 nitrogen and oxygen atoms in total. The molecule has 0 aromatic heterocycles. The molecular weight excluding hydrogens is 462 g/mol. The number of carboxylic acids is 1. The van der Waals surface area contributed by atoms with Gasteiger partial charge < -0.3 is 10.4 Å². The Hall–Kier alpha value is -3.74. The predicted molar refractivity (Wildman–Crippen MR) is 135 cm³/mol. The lowest BCUT2D eigenvalue weighted by Gasteiger charge is -2.28. The highest BCUT2D eigenvalue weighted by molar-refractivity contribution is 6.03. The molecular formula is C29H28F2N2O3. The normalized spacial score (nSPS) is 19.1. The molecule has 2 aliphatic rings. The van der Waals surface area contributed by atoms with Crippen molar-refractivity contribution in [2.24, 2.45) is 5.92 Å². The smallest absolute Gasteiger partial charge is 0.326 e. The summed E-state index contributed by atoms with van der Waals surface area (Å²) in [6.07, 6.45) is 4.88. The molecule has 1 aliphatic heterocycles. The van der Waals surface area contributed by atoms with Gasteiger partial charge in [0.15, 0.2) is 0 Å². The van der Waals surface area contributed by atoms with Gasteiger partial charge in [-0.25, -0.2) is 13.6 Å². The number of halogens is 2. The Bertz CT molecular complexity index is 1260. The van der Waals surface area contributed by atoms with Gasteiger partial charge in [0.05, 0.1) is 0 Å². The van der Waals surface area contributed by atoms with Crippen molar-refractivity contribution in [1.82, 2.24) is 0 Å². The molecule has 0 atom stereocenters. The molecule has 7 heteroatoms. The molecule has 2 amide bonds. The number of nitrogens with zero attached hydrogens (tertiary/aromatic N) is 1. The molecule has 0 spiro atoms. The van der Waals surface area contributed by atoms with Crippen LogP contribution in [0.5, 0.6) is 0 Å². The highest BCUT2D eigenvalue weighted by atomic mass is 19.1. The van der Waals surface area contributed by atoms with Gasteiger partial charge in [0.1, 0.15) is 17.3 Å². The molecule has 2 N–H and O–H groups in total. The molecule has 0 bridgehead atoms. The summed E-state index contributed by atoms with van der Waals surface area (Å²) in [6, 6.07) is 17.4. The molecule has 1 fully saturated rings. The first kappa shape index (κ1) is 24.0. The van der Waals surface area contributed by atoms with Crippen LogP contribution < -0.4 is 10.2 Å². The minimum Gasteiger partial charge on any atom is -0.481 e. The number of carbonyl (C=O) groups is 2. The van der Waals surface area contributed by atoms with E-state index >= 15 is 0 Å². The number of carboxylic acid groups (broad SMARTS) is 1. The van der Waals surface area contributed by atoms with Crippen molar-refractivity contribution < 1.29 is 23.5 Å². The zero-order chi connectivity index (χ0) is 25.2.